The second kappa shape index (κ2) is 6.97. The van der Waals surface area contributed by atoms with E-state index in [0.717, 1.165) is 16.6 Å². The van der Waals surface area contributed by atoms with Crippen LogP contribution in [-0.4, -0.2) is 29.4 Å². The summed E-state index contributed by atoms with van der Waals surface area (Å²) in [7, 11) is 1.68. The summed E-state index contributed by atoms with van der Waals surface area (Å²) in [6, 6.07) is 4.52. The summed E-state index contributed by atoms with van der Waals surface area (Å²) < 4.78 is 12.8. The van der Waals surface area contributed by atoms with E-state index in [1.54, 1.807) is 7.05 Å². The van der Waals surface area contributed by atoms with Crippen LogP contribution in [0, 0.1) is 17.7 Å². The number of rotatable bonds is 3. The molecular weight excluding hydrogens is 289 g/mol. The van der Waals surface area contributed by atoms with Crippen LogP contribution in [0.4, 0.5) is 4.39 Å². The third kappa shape index (κ3) is 4.12. The number of amides is 1. The van der Waals surface area contributed by atoms with Gasteiger partial charge in [-0.1, -0.05) is 11.8 Å². The molecule has 0 atom stereocenters. The Kier molecular flexibility index (Phi) is 5.04. The molecule has 21 heavy (non-hydrogen) atoms. The van der Waals surface area contributed by atoms with Gasteiger partial charge in [-0.3, -0.25) is 4.79 Å². The first-order valence-electron chi connectivity index (χ1n) is 6.23. The molecule has 0 aromatic carbocycles. The van der Waals surface area contributed by atoms with Gasteiger partial charge in [0.05, 0.1) is 19.3 Å². The van der Waals surface area contributed by atoms with E-state index in [1.807, 2.05) is 11.4 Å². The molecule has 0 unspecified atom stereocenters. The molecule has 2 rings (SSSR count). The van der Waals surface area contributed by atoms with Gasteiger partial charge in [0.15, 0.2) is 0 Å². The second-order valence-corrected chi connectivity index (χ2v) is 5.33. The molecule has 0 fully saturated rings. The summed E-state index contributed by atoms with van der Waals surface area (Å²) in [5.41, 5.74) is 6.43. The molecule has 0 aliphatic carbocycles. The fourth-order valence-corrected chi connectivity index (χ4v) is 2.55. The molecule has 6 heteroatoms. The Morgan fingerprint density at radius 1 is 1.52 bits per heavy atom. The van der Waals surface area contributed by atoms with Crippen LogP contribution < -0.4 is 5.73 Å². The average molecular weight is 303 g/mol. The standard InChI is InChI=1S/C15H14FN3OS/c1-19(15(20)14-5-4-12(16)8-18-14)9-13-7-11(10-21-13)3-2-6-17/h4-5,7-8,10H,6,9,17H2,1H3. The van der Waals surface area contributed by atoms with Crippen LogP contribution in [0.3, 0.4) is 0 Å². The summed E-state index contributed by atoms with van der Waals surface area (Å²) in [4.78, 5) is 18.5. The van der Waals surface area contributed by atoms with E-state index in [4.69, 9.17) is 5.73 Å². The smallest absolute Gasteiger partial charge is 0.272 e. The highest BCUT2D eigenvalue weighted by molar-refractivity contribution is 7.10. The Bertz CT molecular complexity index is 685. The molecule has 2 N–H and O–H groups in total. The fourth-order valence-electron chi connectivity index (χ4n) is 1.69. The molecule has 0 bridgehead atoms. The van der Waals surface area contributed by atoms with Crippen molar-refractivity contribution in [3.63, 3.8) is 0 Å². The predicted octanol–water partition coefficient (Wildman–Crippen LogP) is 1.86. The quantitative estimate of drug-likeness (QED) is 0.881. The monoisotopic (exact) mass is 303 g/mol. The van der Waals surface area contributed by atoms with Crippen LogP contribution in [0.5, 0.6) is 0 Å². The highest BCUT2D eigenvalue weighted by Crippen LogP contribution is 2.16. The maximum Gasteiger partial charge on any atom is 0.272 e. The highest BCUT2D eigenvalue weighted by atomic mass is 32.1. The van der Waals surface area contributed by atoms with Crippen LogP contribution in [-0.2, 0) is 6.54 Å². The molecule has 1 amide bonds. The number of nitrogens with two attached hydrogens (primary N) is 1. The third-order valence-electron chi connectivity index (χ3n) is 2.67. The Hall–Kier alpha value is -2.23. The lowest BCUT2D eigenvalue weighted by atomic mass is 10.3. The number of nitrogens with zero attached hydrogens (tertiary/aromatic N) is 2. The number of carbonyl (C=O) groups is 1. The van der Waals surface area contributed by atoms with Crippen molar-refractivity contribution in [2.75, 3.05) is 13.6 Å². The van der Waals surface area contributed by atoms with Gasteiger partial charge in [0.2, 0.25) is 0 Å². The largest absolute Gasteiger partial charge is 0.335 e. The van der Waals surface area contributed by atoms with Gasteiger partial charge >= 0.3 is 0 Å². The van der Waals surface area contributed by atoms with Gasteiger partial charge in [-0.25, -0.2) is 9.37 Å². The molecule has 0 saturated carbocycles. The second-order valence-electron chi connectivity index (χ2n) is 4.33. The minimum atomic E-state index is -0.462. The summed E-state index contributed by atoms with van der Waals surface area (Å²) in [6.07, 6.45) is 1.03. The van der Waals surface area contributed by atoms with E-state index in [9.17, 15) is 9.18 Å². The Morgan fingerprint density at radius 2 is 2.33 bits per heavy atom. The Morgan fingerprint density at radius 3 is 3.00 bits per heavy atom. The fraction of sp³-hybridized carbons (Fsp3) is 0.200. The van der Waals surface area contributed by atoms with Crippen LogP contribution in [0.25, 0.3) is 0 Å². The Balaban J connectivity index is 2.03. The van der Waals surface area contributed by atoms with Gasteiger partial charge in [0.25, 0.3) is 5.91 Å². The van der Waals surface area contributed by atoms with Crippen molar-refractivity contribution in [2.45, 2.75) is 6.54 Å². The van der Waals surface area contributed by atoms with Gasteiger partial charge < -0.3 is 10.6 Å². The zero-order valence-electron chi connectivity index (χ0n) is 11.5. The molecule has 2 aromatic rings. The maximum atomic E-state index is 12.8. The van der Waals surface area contributed by atoms with Gasteiger partial charge in [-0.15, -0.1) is 11.3 Å². The van der Waals surface area contributed by atoms with Crippen LogP contribution >= 0.6 is 11.3 Å². The zero-order valence-corrected chi connectivity index (χ0v) is 12.3. The third-order valence-corrected chi connectivity index (χ3v) is 3.60. The van der Waals surface area contributed by atoms with Crippen molar-refractivity contribution in [2.24, 2.45) is 5.73 Å². The first-order valence-corrected chi connectivity index (χ1v) is 7.11. The van der Waals surface area contributed by atoms with E-state index in [1.165, 1.54) is 28.4 Å². The van der Waals surface area contributed by atoms with Crippen molar-refractivity contribution in [3.8, 4) is 11.8 Å². The maximum absolute atomic E-state index is 12.8. The van der Waals surface area contributed by atoms with Crippen molar-refractivity contribution in [1.29, 1.82) is 0 Å². The van der Waals surface area contributed by atoms with Crippen molar-refractivity contribution in [1.82, 2.24) is 9.88 Å². The molecule has 0 aliphatic heterocycles. The molecule has 0 saturated heterocycles. The summed E-state index contributed by atoms with van der Waals surface area (Å²) >= 11 is 1.53. The lowest BCUT2D eigenvalue weighted by Gasteiger charge is -2.15. The Labute approximate surface area is 126 Å². The van der Waals surface area contributed by atoms with Crippen LogP contribution in [0.1, 0.15) is 20.9 Å². The van der Waals surface area contributed by atoms with Crippen LogP contribution in [0.15, 0.2) is 29.8 Å². The number of thiophene rings is 1. The van der Waals surface area contributed by atoms with E-state index >= 15 is 0 Å². The molecule has 4 nitrogen and oxygen atoms in total. The molecule has 2 heterocycles. The van der Waals surface area contributed by atoms with E-state index in [-0.39, 0.29) is 11.6 Å². The van der Waals surface area contributed by atoms with Gasteiger partial charge in [-0.05, 0) is 18.2 Å². The van der Waals surface area contributed by atoms with E-state index < -0.39 is 5.82 Å². The van der Waals surface area contributed by atoms with Gasteiger partial charge in [-0.2, -0.15) is 0 Å². The summed E-state index contributed by atoms with van der Waals surface area (Å²) in [5, 5.41) is 1.92. The van der Waals surface area contributed by atoms with Crippen molar-refractivity contribution < 1.29 is 9.18 Å². The lowest BCUT2D eigenvalue weighted by molar-refractivity contribution is 0.0780. The van der Waals surface area contributed by atoms with E-state index in [0.29, 0.717) is 13.1 Å². The first kappa shape index (κ1) is 15.2. The number of carbonyl (C=O) groups excluding carboxylic acids is 1. The van der Waals surface area contributed by atoms with Crippen LogP contribution in [0.2, 0.25) is 0 Å². The molecule has 108 valence electrons. The number of hydrogen-bond donors (Lipinski definition) is 1. The summed E-state index contributed by atoms with van der Waals surface area (Å²) in [6.45, 7) is 0.771. The van der Waals surface area contributed by atoms with Crippen molar-refractivity contribution >= 4 is 17.2 Å². The molecule has 2 aromatic heterocycles. The molecular formula is C15H14FN3OS. The minimum absolute atomic E-state index is 0.221. The van der Waals surface area contributed by atoms with E-state index in [2.05, 4.69) is 16.8 Å². The van der Waals surface area contributed by atoms with Gasteiger partial charge in [0.1, 0.15) is 11.5 Å². The number of hydrogen-bond acceptors (Lipinski definition) is 4. The number of pyridine rings is 1. The predicted molar refractivity (Wildman–Crippen MR) is 80.2 cm³/mol. The van der Waals surface area contributed by atoms with Crippen molar-refractivity contribution in [3.05, 3.63) is 51.7 Å². The molecule has 0 aliphatic rings. The molecule has 0 spiro atoms. The topological polar surface area (TPSA) is 59.2 Å². The summed E-state index contributed by atoms with van der Waals surface area (Å²) in [5.74, 6) is 5.01. The zero-order chi connectivity index (χ0) is 15.2. The first-order chi connectivity index (χ1) is 10.1. The molecule has 0 radical (unpaired) electrons. The number of halogens is 1. The number of aromatic nitrogens is 1. The minimum Gasteiger partial charge on any atom is -0.335 e. The normalized spacial score (nSPS) is 9.86. The SMILES string of the molecule is CN(Cc1cc(C#CCN)cs1)C(=O)c1ccc(F)cn1. The van der Waals surface area contributed by atoms with Gasteiger partial charge in [0, 0.05) is 22.9 Å². The lowest BCUT2D eigenvalue weighted by Crippen LogP contribution is -2.26. The highest BCUT2D eigenvalue weighted by Gasteiger charge is 2.14. The average Bonchev–Trinajstić information content (AvgIpc) is 2.92.